The first-order valence-corrected chi connectivity index (χ1v) is 8.41. The van der Waals surface area contributed by atoms with Crippen LogP contribution in [0, 0.1) is 0 Å². The molecule has 1 heterocycles. The summed E-state index contributed by atoms with van der Waals surface area (Å²) in [6.45, 7) is 0.616. The smallest absolute Gasteiger partial charge is 0.124 e. The average Bonchev–Trinajstić information content (AvgIpc) is 2.65. The highest BCUT2D eigenvalue weighted by Gasteiger charge is 2.47. The molecule has 0 saturated heterocycles. The lowest BCUT2D eigenvalue weighted by Gasteiger charge is -2.45. The summed E-state index contributed by atoms with van der Waals surface area (Å²) in [7, 11) is 0. The van der Waals surface area contributed by atoms with Crippen LogP contribution >= 0.6 is 0 Å². The van der Waals surface area contributed by atoms with Gasteiger partial charge in [0.2, 0.25) is 0 Å². The number of benzene rings is 3. The van der Waals surface area contributed by atoms with Crippen molar-refractivity contribution < 1.29 is 9.84 Å². The molecule has 0 bridgehead atoms. The zero-order chi connectivity index (χ0) is 16.1. The fourth-order valence-electron chi connectivity index (χ4n) is 4.41. The first-order chi connectivity index (χ1) is 11.8. The van der Waals surface area contributed by atoms with Crippen molar-refractivity contribution >= 4 is 16.8 Å². The van der Waals surface area contributed by atoms with E-state index in [1.807, 2.05) is 18.2 Å². The largest absolute Gasteiger partial charge is 0.493 e. The molecule has 1 N–H and O–H groups in total. The van der Waals surface area contributed by atoms with Gasteiger partial charge in [0.1, 0.15) is 5.75 Å². The van der Waals surface area contributed by atoms with Gasteiger partial charge in [-0.05, 0) is 34.4 Å². The van der Waals surface area contributed by atoms with Gasteiger partial charge in [-0.1, -0.05) is 66.7 Å². The summed E-state index contributed by atoms with van der Waals surface area (Å²) in [5, 5.41) is 13.4. The summed E-state index contributed by atoms with van der Waals surface area (Å²) < 4.78 is 5.99. The van der Waals surface area contributed by atoms with Gasteiger partial charge in [0.25, 0.3) is 0 Å². The van der Waals surface area contributed by atoms with Crippen LogP contribution in [-0.4, -0.2) is 17.8 Å². The Labute approximate surface area is 141 Å². The molecular formula is C22H18O2. The second-order valence-electron chi connectivity index (χ2n) is 6.62. The van der Waals surface area contributed by atoms with Gasteiger partial charge in [-0.25, -0.2) is 0 Å². The molecule has 2 aliphatic rings. The maximum Gasteiger partial charge on any atom is 0.124 e. The molecule has 5 rings (SSSR count). The van der Waals surface area contributed by atoms with Crippen molar-refractivity contribution in [2.75, 3.05) is 6.61 Å². The van der Waals surface area contributed by atoms with E-state index in [1.54, 1.807) is 0 Å². The first-order valence-electron chi connectivity index (χ1n) is 8.41. The summed E-state index contributed by atoms with van der Waals surface area (Å²) in [6, 6.07) is 20.9. The Morgan fingerprint density at radius 2 is 1.79 bits per heavy atom. The molecule has 0 aromatic heterocycles. The van der Waals surface area contributed by atoms with Crippen LogP contribution in [0.25, 0.3) is 16.8 Å². The molecule has 3 aromatic rings. The van der Waals surface area contributed by atoms with Crippen LogP contribution in [0.15, 0.2) is 66.7 Å². The number of hydrogen-bond donors (Lipinski definition) is 1. The van der Waals surface area contributed by atoms with Gasteiger partial charge >= 0.3 is 0 Å². The van der Waals surface area contributed by atoms with Crippen molar-refractivity contribution in [1.82, 2.24) is 0 Å². The highest BCUT2D eigenvalue weighted by molar-refractivity contribution is 5.90. The number of ether oxygens (including phenoxy) is 1. The first kappa shape index (κ1) is 13.8. The molecule has 2 heteroatoms. The molecule has 0 fully saturated rings. The highest BCUT2D eigenvalue weighted by Crippen LogP contribution is 2.51. The van der Waals surface area contributed by atoms with Crippen molar-refractivity contribution in [1.29, 1.82) is 0 Å². The van der Waals surface area contributed by atoms with Crippen molar-refractivity contribution in [3.63, 3.8) is 0 Å². The van der Waals surface area contributed by atoms with E-state index in [2.05, 4.69) is 54.6 Å². The van der Waals surface area contributed by atoms with E-state index >= 15 is 0 Å². The second-order valence-corrected chi connectivity index (χ2v) is 6.62. The second kappa shape index (κ2) is 4.96. The van der Waals surface area contributed by atoms with Gasteiger partial charge in [-0.15, -0.1) is 0 Å². The minimum Gasteiger partial charge on any atom is -0.493 e. The lowest BCUT2D eigenvalue weighted by Crippen LogP contribution is -2.45. The highest BCUT2D eigenvalue weighted by atomic mass is 16.5. The number of fused-ring (bicyclic) bond motifs is 6. The Kier molecular flexibility index (Phi) is 2.85. The fourth-order valence-corrected chi connectivity index (χ4v) is 4.41. The summed E-state index contributed by atoms with van der Waals surface area (Å²) in [5.74, 6) is 0.893. The number of aliphatic hydroxyl groups is 1. The Hall–Kier alpha value is -2.58. The lowest BCUT2D eigenvalue weighted by atomic mass is 9.62. The summed E-state index contributed by atoms with van der Waals surface area (Å²) >= 11 is 0. The molecule has 118 valence electrons. The van der Waals surface area contributed by atoms with Gasteiger partial charge in [0, 0.05) is 5.56 Å². The zero-order valence-corrected chi connectivity index (χ0v) is 13.3. The van der Waals surface area contributed by atoms with Crippen LogP contribution in [0.2, 0.25) is 0 Å². The topological polar surface area (TPSA) is 29.5 Å². The van der Waals surface area contributed by atoms with Crippen molar-refractivity contribution in [2.45, 2.75) is 17.9 Å². The van der Waals surface area contributed by atoms with Crippen molar-refractivity contribution in [2.24, 2.45) is 0 Å². The molecular weight excluding hydrogens is 296 g/mol. The number of hydrogen-bond acceptors (Lipinski definition) is 2. The molecule has 0 saturated carbocycles. The van der Waals surface area contributed by atoms with Gasteiger partial charge < -0.3 is 9.84 Å². The van der Waals surface area contributed by atoms with Crippen LogP contribution in [0.4, 0.5) is 0 Å². The third kappa shape index (κ3) is 1.69. The molecule has 3 aromatic carbocycles. The van der Waals surface area contributed by atoms with Crippen LogP contribution in [0.1, 0.15) is 23.1 Å². The molecule has 2 nitrogen and oxygen atoms in total. The van der Waals surface area contributed by atoms with E-state index in [1.165, 1.54) is 21.9 Å². The summed E-state index contributed by atoms with van der Waals surface area (Å²) in [5.41, 5.74) is 3.06. The molecule has 2 atom stereocenters. The Morgan fingerprint density at radius 1 is 0.958 bits per heavy atom. The third-order valence-corrected chi connectivity index (χ3v) is 5.50. The zero-order valence-electron chi connectivity index (χ0n) is 13.3. The van der Waals surface area contributed by atoms with Gasteiger partial charge in [0.05, 0.1) is 18.1 Å². The Balaban J connectivity index is 1.92. The van der Waals surface area contributed by atoms with Crippen molar-refractivity contribution in [3.05, 3.63) is 83.4 Å². The normalized spacial score (nSPS) is 24.5. The molecule has 1 aliphatic heterocycles. The standard InChI is InChI=1S/C22H18O2/c23-20-12-10-16-6-2-4-8-18(16)22(20)13-14-24-19-11-9-15-5-1-3-7-17(15)21(19)22/h1-12,20,23H,13-14H2/t20-,22-/m0/s1. The van der Waals surface area contributed by atoms with E-state index in [0.717, 1.165) is 17.7 Å². The quantitative estimate of drug-likeness (QED) is 0.670. The van der Waals surface area contributed by atoms with Crippen LogP contribution in [0.3, 0.4) is 0 Å². The van der Waals surface area contributed by atoms with Crippen LogP contribution in [0.5, 0.6) is 5.75 Å². The van der Waals surface area contributed by atoms with E-state index < -0.39 is 11.5 Å². The van der Waals surface area contributed by atoms with Gasteiger partial charge in [-0.2, -0.15) is 0 Å². The summed E-state index contributed by atoms with van der Waals surface area (Å²) in [6.07, 6.45) is 4.18. The van der Waals surface area contributed by atoms with Gasteiger partial charge in [-0.3, -0.25) is 0 Å². The van der Waals surface area contributed by atoms with E-state index in [-0.39, 0.29) is 0 Å². The molecule has 0 radical (unpaired) electrons. The third-order valence-electron chi connectivity index (χ3n) is 5.50. The fraction of sp³-hybridized carbons (Fsp3) is 0.182. The predicted octanol–water partition coefficient (Wildman–Crippen LogP) is 4.30. The Bertz CT molecular complexity index is 973. The molecule has 24 heavy (non-hydrogen) atoms. The van der Waals surface area contributed by atoms with Crippen LogP contribution in [-0.2, 0) is 5.41 Å². The van der Waals surface area contributed by atoms with Crippen LogP contribution < -0.4 is 4.74 Å². The SMILES string of the molecule is O[C@H]1C=Cc2ccccc2[C@@]12CCOc1ccc3ccccc3c12. The maximum absolute atomic E-state index is 11.1. The minimum absolute atomic E-state index is 0.445. The predicted molar refractivity (Wildman–Crippen MR) is 96.3 cm³/mol. The van der Waals surface area contributed by atoms with Gasteiger partial charge in [0.15, 0.2) is 0 Å². The molecule has 1 aliphatic carbocycles. The number of rotatable bonds is 0. The molecule has 0 unspecified atom stereocenters. The Morgan fingerprint density at radius 3 is 2.75 bits per heavy atom. The molecule has 1 spiro atoms. The minimum atomic E-state index is -0.555. The average molecular weight is 314 g/mol. The van der Waals surface area contributed by atoms with E-state index in [9.17, 15) is 5.11 Å². The number of aliphatic hydroxyl groups excluding tert-OH is 1. The maximum atomic E-state index is 11.1. The van der Waals surface area contributed by atoms with Crippen molar-refractivity contribution in [3.8, 4) is 5.75 Å². The molecule has 0 amide bonds. The summed E-state index contributed by atoms with van der Waals surface area (Å²) in [4.78, 5) is 0. The van der Waals surface area contributed by atoms with E-state index in [4.69, 9.17) is 4.74 Å². The monoisotopic (exact) mass is 314 g/mol. The van der Waals surface area contributed by atoms with E-state index in [0.29, 0.717) is 6.61 Å². The lowest BCUT2D eigenvalue weighted by molar-refractivity contribution is 0.108.